The van der Waals surface area contributed by atoms with E-state index in [9.17, 15) is 10.2 Å². The average Bonchev–Trinajstić information content (AvgIpc) is 2.47. The molecular weight excluding hydrogens is 316 g/mol. The van der Waals surface area contributed by atoms with Crippen LogP contribution in [-0.4, -0.2) is 10.2 Å². The molecule has 130 valence electrons. The maximum absolute atomic E-state index is 10.7. The summed E-state index contributed by atoms with van der Waals surface area (Å²) >= 11 is 1.58. The molecule has 3 heteroatoms. The Morgan fingerprint density at radius 1 is 0.792 bits per heavy atom. The van der Waals surface area contributed by atoms with Crippen molar-refractivity contribution in [2.45, 2.75) is 63.0 Å². The average molecular weight is 345 g/mol. The molecule has 0 unspecified atom stereocenters. The molecule has 2 nitrogen and oxygen atoms in total. The Bertz CT molecular complexity index is 707. The molecule has 0 spiro atoms. The largest absolute Gasteiger partial charge is 0.504 e. The number of phenolic OH excluding ortho intramolecular Hbond substituents is 2. The smallest absolute Gasteiger partial charge is 0.171 e. The SMILES string of the molecule is CC(C)(C)c1cc(C(C)(C)C)c(SCc2ccccc2)c(O)c1O. The third kappa shape index (κ3) is 4.07. The molecule has 0 heterocycles. The van der Waals surface area contributed by atoms with Crippen molar-refractivity contribution >= 4 is 11.8 Å². The minimum Gasteiger partial charge on any atom is -0.504 e. The summed E-state index contributed by atoms with van der Waals surface area (Å²) in [6, 6.07) is 12.2. The highest BCUT2D eigenvalue weighted by Crippen LogP contribution is 2.48. The van der Waals surface area contributed by atoms with E-state index in [-0.39, 0.29) is 22.3 Å². The minimum absolute atomic E-state index is 0.00561. The number of phenols is 2. The van der Waals surface area contributed by atoms with Crippen LogP contribution in [0.15, 0.2) is 41.3 Å². The lowest BCUT2D eigenvalue weighted by atomic mass is 9.80. The van der Waals surface area contributed by atoms with Crippen LogP contribution in [-0.2, 0) is 16.6 Å². The van der Waals surface area contributed by atoms with E-state index in [0.29, 0.717) is 0 Å². The number of thioether (sulfide) groups is 1. The van der Waals surface area contributed by atoms with Crippen LogP contribution in [0.1, 0.15) is 58.2 Å². The molecule has 2 N–H and O–H groups in total. The summed E-state index contributed by atoms with van der Waals surface area (Å²) in [6.07, 6.45) is 0. The molecule has 0 fully saturated rings. The fourth-order valence-electron chi connectivity index (χ4n) is 2.65. The van der Waals surface area contributed by atoms with Gasteiger partial charge >= 0.3 is 0 Å². The van der Waals surface area contributed by atoms with Crippen molar-refractivity contribution in [3.05, 3.63) is 53.1 Å². The van der Waals surface area contributed by atoms with Gasteiger partial charge < -0.3 is 10.2 Å². The van der Waals surface area contributed by atoms with E-state index in [1.54, 1.807) is 11.8 Å². The van der Waals surface area contributed by atoms with E-state index in [1.165, 1.54) is 5.56 Å². The van der Waals surface area contributed by atoms with Gasteiger partial charge in [-0.1, -0.05) is 71.9 Å². The molecule has 0 aliphatic heterocycles. The number of hydrogen-bond acceptors (Lipinski definition) is 3. The van der Waals surface area contributed by atoms with Crippen LogP contribution in [0.25, 0.3) is 0 Å². The molecule has 2 aromatic rings. The van der Waals surface area contributed by atoms with Gasteiger partial charge in [0.15, 0.2) is 11.5 Å². The molecule has 0 radical (unpaired) electrons. The van der Waals surface area contributed by atoms with Crippen LogP contribution in [0.2, 0.25) is 0 Å². The highest BCUT2D eigenvalue weighted by Gasteiger charge is 2.29. The summed E-state index contributed by atoms with van der Waals surface area (Å²) in [7, 11) is 0. The first kappa shape index (κ1) is 18.7. The molecule has 0 saturated carbocycles. The first-order valence-corrected chi connectivity index (χ1v) is 9.27. The van der Waals surface area contributed by atoms with Crippen molar-refractivity contribution in [2.75, 3.05) is 0 Å². The second-order valence-electron chi connectivity index (χ2n) is 8.27. The van der Waals surface area contributed by atoms with Crippen LogP contribution in [0, 0.1) is 0 Å². The monoisotopic (exact) mass is 344 g/mol. The van der Waals surface area contributed by atoms with Crippen LogP contribution >= 0.6 is 11.8 Å². The number of benzene rings is 2. The van der Waals surface area contributed by atoms with Gasteiger partial charge in [-0.2, -0.15) is 0 Å². The first-order chi connectivity index (χ1) is 11.0. The van der Waals surface area contributed by atoms with E-state index >= 15 is 0 Å². The summed E-state index contributed by atoms with van der Waals surface area (Å²) in [4.78, 5) is 0.775. The lowest BCUT2D eigenvalue weighted by Gasteiger charge is -2.29. The maximum Gasteiger partial charge on any atom is 0.171 e. The van der Waals surface area contributed by atoms with Gasteiger partial charge in [-0.25, -0.2) is 0 Å². The molecule has 0 amide bonds. The molecule has 24 heavy (non-hydrogen) atoms. The van der Waals surface area contributed by atoms with Crippen LogP contribution in [0.5, 0.6) is 11.5 Å². The lowest BCUT2D eigenvalue weighted by molar-refractivity contribution is 0.376. The predicted octanol–water partition coefficient (Wildman–Crippen LogP) is 5.99. The van der Waals surface area contributed by atoms with Gasteiger partial charge in [-0.05, 0) is 28.0 Å². The molecule has 2 aromatic carbocycles. The van der Waals surface area contributed by atoms with E-state index in [2.05, 4.69) is 39.0 Å². The van der Waals surface area contributed by atoms with E-state index in [0.717, 1.165) is 21.8 Å². The first-order valence-electron chi connectivity index (χ1n) is 8.28. The standard InChI is InChI=1S/C21H28O2S/c1-20(2,3)15-12-16(21(4,5)6)19(18(23)17(15)22)24-13-14-10-8-7-9-11-14/h7-12,22-23H,13H2,1-6H3. The van der Waals surface area contributed by atoms with Gasteiger partial charge in [0.05, 0.1) is 4.90 Å². The van der Waals surface area contributed by atoms with Gasteiger partial charge in [-0.15, -0.1) is 11.8 Å². The zero-order valence-corrected chi connectivity index (χ0v) is 16.3. The lowest BCUT2D eigenvalue weighted by Crippen LogP contribution is -2.17. The van der Waals surface area contributed by atoms with Crippen LogP contribution in [0.4, 0.5) is 0 Å². The summed E-state index contributed by atoms with van der Waals surface area (Å²) < 4.78 is 0. The quantitative estimate of drug-likeness (QED) is 0.531. The molecule has 0 saturated heterocycles. The third-order valence-corrected chi connectivity index (χ3v) is 5.25. The molecule has 0 bridgehead atoms. The number of hydrogen-bond donors (Lipinski definition) is 2. The number of rotatable bonds is 3. The Balaban J connectivity index is 2.51. The highest BCUT2D eigenvalue weighted by atomic mass is 32.2. The highest BCUT2D eigenvalue weighted by molar-refractivity contribution is 7.98. The Morgan fingerprint density at radius 3 is 1.83 bits per heavy atom. The minimum atomic E-state index is -0.232. The van der Waals surface area contributed by atoms with Gasteiger partial charge in [0, 0.05) is 11.3 Å². The van der Waals surface area contributed by atoms with Gasteiger partial charge in [0.25, 0.3) is 0 Å². The van der Waals surface area contributed by atoms with Crippen LogP contribution < -0.4 is 0 Å². The zero-order valence-electron chi connectivity index (χ0n) is 15.5. The van der Waals surface area contributed by atoms with Gasteiger partial charge in [0.1, 0.15) is 0 Å². The fraction of sp³-hybridized carbons (Fsp3) is 0.429. The molecule has 0 aliphatic carbocycles. The molecule has 0 aliphatic rings. The maximum atomic E-state index is 10.7. The van der Waals surface area contributed by atoms with Gasteiger partial charge in [-0.3, -0.25) is 0 Å². The second kappa shape index (κ2) is 6.72. The van der Waals surface area contributed by atoms with Crippen molar-refractivity contribution in [2.24, 2.45) is 0 Å². The topological polar surface area (TPSA) is 40.5 Å². The van der Waals surface area contributed by atoms with Gasteiger partial charge in [0.2, 0.25) is 0 Å². The Morgan fingerprint density at radius 2 is 1.33 bits per heavy atom. The van der Waals surface area contributed by atoms with Crippen molar-refractivity contribution < 1.29 is 10.2 Å². The van der Waals surface area contributed by atoms with Crippen molar-refractivity contribution in [1.29, 1.82) is 0 Å². The molecule has 0 aromatic heterocycles. The summed E-state index contributed by atoms with van der Waals surface area (Å²) in [5.74, 6) is 0.769. The zero-order chi connectivity index (χ0) is 18.1. The van der Waals surface area contributed by atoms with E-state index in [1.807, 2.05) is 39.0 Å². The predicted molar refractivity (Wildman–Crippen MR) is 103 cm³/mol. The van der Waals surface area contributed by atoms with Crippen molar-refractivity contribution in [1.82, 2.24) is 0 Å². The number of aromatic hydroxyl groups is 2. The van der Waals surface area contributed by atoms with E-state index in [4.69, 9.17) is 0 Å². The van der Waals surface area contributed by atoms with Crippen molar-refractivity contribution in [3.8, 4) is 11.5 Å². The normalized spacial score (nSPS) is 12.4. The van der Waals surface area contributed by atoms with E-state index < -0.39 is 0 Å². The van der Waals surface area contributed by atoms with Crippen molar-refractivity contribution in [3.63, 3.8) is 0 Å². The molecule has 0 atom stereocenters. The summed E-state index contributed by atoms with van der Waals surface area (Å²) in [6.45, 7) is 12.5. The third-order valence-electron chi connectivity index (χ3n) is 4.07. The summed E-state index contributed by atoms with van der Waals surface area (Å²) in [5.41, 5.74) is 2.70. The van der Waals surface area contributed by atoms with Crippen LogP contribution in [0.3, 0.4) is 0 Å². The molecular formula is C21H28O2S. The summed E-state index contributed by atoms with van der Waals surface area (Å²) in [5, 5.41) is 21.2. The Hall–Kier alpha value is -1.61. The fourth-order valence-corrected chi connectivity index (χ4v) is 3.90. The Kier molecular flexibility index (Phi) is 5.24. The molecule has 2 rings (SSSR count). The second-order valence-corrected chi connectivity index (χ2v) is 9.26. The Labute approximate surface area is 149 Å².